The van der Waals surface area contributed by atoms with Gasteiger partial charge in [0, 0.05) is 50.7 Å². The van der Waals surface area contributed by atoms with Crippen LogP contribution in [0, 0.1) is 6.92 Å². The molecule has 0 bridgehead atoms. The third-order valence-electron chi connectivity index (χ3n) is 5.46. The Balaban J connectivity index is 1.59. The molecule has 1 aromatic carbocycles. The van der Waals surface area contributed by atoms with Gasteiger partial charge in [-0.1, -0.05) is 17.7 Å². The van der Waals surface area contributed by atoms with Gasteiger partial charge in [0.2, 0.25) is 17.3 Å². The smallest absolute Gasteiger partial charge is 0.253 e. The number of piperazine rings is 1. The molecule has 3 aromatic heterocycles. The Labute approximate surface area is 178 Å². The Hall–Kier alpha value is -3.59. The van der Waals surface area contributed by atoms with E-state index in [1.165, 1.54) is 0 Å². The molecule has 1 N–H and O–H groups in total. The highest BCUT2D eigenvalue weighted by Gasteiger charge is 2.20. The van der Waals surface area contributed by atoms with Crippen molar-refractivity contribution in [3.05, 3.63) is 52.4 Å². The molecular formula is C22H23N7O2. The van der Waals surface area contributed by atoms with Gasteiger partial charge in [-0.3, -0.25) is 4.79 Å². The summed E-state index contributed by atoms with van der Waals surface area (Å²) in [5.74, 6) is 1.21. The summed E-state index contributed by atoms with van der Waals surface area (Å²) in [5, 5.41) is 12.0. The van der Waals surface area contributed by atoms with Crippen LogP contribution in [0.15, 0.2) is 45.9 Å². The standard InChI is InChI=1S/C22H23N7O2/c1-3-28-13-17(21-27-26-20(31-21)15-6-4-5-14(2)11-15)18(30)16-12-24-22(25-19(16)28)29-9-7-23-8-10-29/h4-6,11-13,23H,3,7-10H2,1-2H3. The second kappa shape index (κ2) is 7.92. The lowest BCUT2D eigenvalue weighted by Gasteiger charge is -2.27. The quantitative estimate of drug-likeness (QED) is 0.539. The van der Waals surface area contributed by atoms with Crippen molar-refractivity contribution in [2.24, 2.45) is 0 Å². The number of fused-ring (bicyclic) bond motifs is 1. The summed E-state index contributed by atoms with van der Waals surface area (Å²) < 4.78 is 7.79. The van der Waals surface area contributed by atoms with Gasteiger partial charge >= 0.3 is 0 Å². The summed E-state index contributed by atoms with van der Waals surface area (Å²) in [7, 11) is 0. The Kier molecular flexibility index (Phi) is 4.95. The zero-order chi connectivity index (χ0) is 21.4. The normalized spacial score (nSPS) is 14.3. The number of hydrogen-bond donors (Lipinski definition) is 1. The molecule has 5 rings (SSSR count). The minimum atomic E-state index is -0.217. The van der Waals surface area contributed by atoms with Crippen molar-refractivity contribution in [1.82, 2.24) is 30.0 Å². The average Bonchev–Trinajstić information content (AvgIpc) is 3.30. The lowest BCUT2D eigenvalue weighted by Crippen LogP contribution is -2.44. The summed E-state index contributed by atoms with van der Waals surface area (Å²) in [6, 6.07) is 7.80. The fourth-order valence-electron chi connectivity index (χ4n) is 3.80. The fourth-order valence-corrected chi connectivity index (χ4v) is 3.80. The number of nitrogens with one attached hydrogen (secondary N) is 1. The number of aromatic nitrogens is 5. The Bertz CT molecular complexity index is 1300. The van der Waals surface area contributed by atoms with Gasteiger partial charge in [-0.15, -0.1) is 10.2 Å². The maximum Gasteiger partial charge on any atom is 0.253 e. The van der Waals surface area contributed by atoms with E-state index in [0.717, 1.165) is 37.3 Å². The molecule has 1 aliphatic heterocycles. The molecule has 31 heavy (non-hydrogen) atoms. The topological polar surface area (TPSA) is 102 Å². The van der Waals surface area contributed by atoms with Crippen LogP contribution in [0.25, 0.3) is 33.9 Å². The molecule has 1 aliphatic rings. The van der Waals surface area contributed by atoms with E-state index < -0.39 is 0 Å². The van der Waals surface area contributed by atoms with Crippen molar-refractivity contribution in [2.45, 2.75) is 20.4 Å². The summed E-state index contributed by atoms with van der Waals surface area (Å²) >= 11 is 0. The molecule has 4 heterocycles. The van der Waals surface area contributed by atoms with Crippen LogP contribution in [-0.4, -0.2) is 50.9 Å². The van der Waals surface area contributed by atoms with Crippen LogP contribution in [0.5, 0.6) is 0 Å². The molecule has 9 nitrogen and oxygen atoms in total. The molecule has 0 radical (unpaired) electrons. The summed E-state index contributed by atoms with van der Waals surface area (Å²) in [6.07, 6.45) is 3.35. The molecule has 1 saturated heterocycles. The summed E-state index contributed by atoms with van der Waals surface area (Å²) in [5.41, 5.74) is 2.65. The summed E-state index contributed by atoms with van der Waals surface area (Å²) in [4.78, 5) is 24.5. The van der Waals surface area contributed by atoms with Crippen molar-refractivity contribution >= 4 is 17.0 Å². The molecular weight excluding hydrogens is 394 g/mol. The van der Waals surface area contributed by atoms with E-state index >= 15 is 0 Å². The van der Waals surface area contributed by atoms with E-state index in [1.807, 2.05) is 42.7 Å². The highest BCUT2D eigenvalue weighted by atomic mass is 16.4. The van der Waals surface area contributed by atoms with Crippen LogP contribution < -0.4 is 15.6 Å². The van der Waals surface area contributed by atoms with Crippen LogP contribution in [-0.2, 0) is 6.54 Å². The van der Waals surface area contributed by atoms with Crippen LogP contribution in [0.4, 0.5) is 5.95 Å². The second-order valence-electron chi connectivity index (χ2n) is 7.58. The van der Waals surface area contributed by atoms with Crippen LogP contribution in [0.1, 0.15) is 12.5 Å². The SMILES string of the molecule is CCn1cc(-c2nnc(-c3cccc(C)c3)o2)c(=O)c2cnc(N3CCNCC3)nc21. The average molecular weight is 417 g/mol. The molecule has 158 valence electrons. The maximum atomic E-state index is 13.2. The number of nitrogens with zero attached hydrogens (tertiary/aromatic N) is 6. The van der Waals surface area contributed by atoms with Gasteiger partial charge in [0.15, 0.2) is 0 Å². The number of hydrogen-bond acceptors (Lipinski definition) is 8. The van der Waals surface area contributed by atoms with Gasteiger partial charge < -0.3 is 19.2 Å². The first-order valence-electron chi connectivity index (χ1n) is 10.4. The second-order valence-corrected chi connectivity index (χ2v) is 7.58. The number of aryl methyl sites for hydroxylation is 2. The molecule has 0 saturated carbocycles. The van der Waals surface area contributed by atoms with Crippen molar-refractivity contribution < 1.29 is 4.42 Å². The molecule has 0 amide bonds. The number of rotatable bonds is 4. The molecule has 1 fully saturated rings. The van der Waals surface area contributed by atoms with Crippen molar-refractivity contribution in [1.29, 1.82) is 0 Å². The first-order chi connectivity index (χ1) is 15.1. The van der Waals surface area contributed by atoms with Gasteiger partial charge in [0.25, 0.3) is 5.89 Å². The van der Waals surface area contributed by atoms with E-state index in [0.29, 0.717) is 35.0 Å². The molecule has 4 aromatic rings. The third-order valence-corrected chi connectivity index (χ3v) is 5.46. The number of benzene rings is 1. The van der Waals surface area contributed by atoms with E-state index in [4.69, 9.17) is 9.40 Å². The zero-order valence-corrected chi connectivity index (χ0v) is 17.5. The molecule has 9 heteroatoms. The molecule has 0 spiro atoms. The van der Waals surface area contributed by atoms with Gasteiger partial charge in [-0.05, 0) is 26.0 Å². The monoisotopic (exact) mass is 417 g/mol. The summed E-state index contributed by atoms with van der Waals surface area (Å²) in [6.45, 7) is 8.10. The largest absolute Gasteiger partial charge is 0.416 e. The lowest BCUT2D eigenvalue weighted by molar-refractivity contribution is 0.579. The first kappa shape index (κ1) is 19.4. The predicted octanol–water partition coefficient (Wildman–Crippen LogP) is 2.25. The van der Waals surface area contributed by atoms with E-state index in [-0.39, 0.29) is 11.3 Å². The zero-order valence-electron chi connectivity index (χ0n) is 17.5. The van der Waals surface area contributed by atoms with Gasteiger partial charge in [0.1, 0.15) is 11.2 Å². The first-order valence-corrected chi connectivity index (χ1v) is 10.4. The number of anilines is 1. The van der Waals surface area contributed by atoms with Crippen molar-refractivity contribution in [3.8, 4) is 22.9 Å². The van der Waals surface area contributed by atoms with Crippen LogP contribution in [0.2, 0.25) is 0 Å². The Morgan fingerprint density at radius 2 is 1.97 bits per heavy atom. The van der Waals surface area contributed by atoms with Gasteiger partial charge in [-0.25, -0.2) is 4.98 Å². The van der Waals surface area contributed by atoms with Gasteiger partial charge in [-0.2, -0.15) is 4.98 Å². The van der Waals surface area contributed by atoms with Gasteiger partial charge in [0.05, 0.1) is 5.39 Å². The minimum absolute atomic E-state index is 0.191. The van der Waals surface area contributed by atoms with E-state index in [9.17, 15) is 4.79 Å². The third kappa shape index (κ3) is 3.57. The van der Waals surface area contributed by atoms with E-state index in [2.05, 4.69) is 25.4 Å². The fraction of sp³-hybridized carbons (Fsp3) is 0.318. The highest BCUT2D eigenvalue weighted by molar-refractivity contribution is 5.80. The minimum Gasteiger partial charge on any atom is -0.416 e. The molecule has 0 atom stereocenters. The van der Waals surface area contributed by atoms with Crippen LogP contribution >= 0.6 is 0 Å². The predicted molar refractivity (Wildman–Crippen MR) is 118 cm³/mol. The molecule has 0 unspecified atom stereocenters. The molecule has 0 aliphatic carbocycles. The number of pyridine rings is 1. The van der Waals surface area contributed by atoms with Crippen molar-refractivity contribution in [2.75, 3.05) is 31.1 Å². The Morgan fingerprint density at radius 1 is 1.16 bits per heavy atom. The lowest BCUT2D eigenvalue weighted by atomic mass is 10.1. The van der Waals surface area contributed by atoms with Crippen molar-refractivity contribution in [3.63, 3.8) is 0 Å². The van der Waals surface area contributed by atoms with E-state index in [1.54, 1.807) is 12.4 Å². The highest BCUT2D eigenvalue weighted by Crippen LogP contribution is 2.24. The van der Waals surface area contributed by atoms with Crippen LogP contribution in [0.3, 0.4) is 0 Å². The Morgan fingerprint density at radius 3 is 2.74 bits per heavy atom. The maximum absolute atomic E-state index is 13.2.